The second-order valence-corrected chi connectivity index (χ2v) is 5.91. The Morgan fingerprint density at radius 3 is 2.55 bits per heavy atom. The number of rotatable bonds is 5. The van der Waals surface area contributed by atoms with Gasteiger partial charge in [-0.15, -0.1) is 0 Å². The van der Waals surface area contributed by atoms with E-state index in [0.717, 1.165) is 20.7 Å². The van der Waals surface area contributed by atoms with Crippen molar-refractivity contribution in [2.75, 3.05) is 12.4 Å². The molecule has 2 rings (SSSR count). The van der Waals surface area contributed by atoms with Gasteiger partial charge in [-0.05, 0) is 36.8 Å². The highest BCUT2D eigenvalue weighted by Crippen LogP contribution is 2.29. The number of hydrogen-bond donors (Lipinski definition) is 1. The van der Waals surface area contributed by atoms with Crippen molar-refractivity contribution in [1.82, 2.24) is 0 Å². The van der Waals surface area contributed by atoms with Crippen LogP contribution in [-0.4, -0.2) is 7.11 Å². The smallest absolute Gasteiger partial charge is 0.0744 e. The van der Waals surface area contributed by atoms with E-state index in [4.69, 9.17) is 16.3 Å². The van der Waals surface area contributed by atoms with Gasteiger partial charge >= 0.3 is 0 Å². The van der Waals surface area contributed by atoms with Gasteiger partial charge in [0.15, 0.2) is 0 Å². The number of hydrogen-bond acceptors (Lipinski definition) is 2. The Bertz CT molecular complexity index is 571. The maximum atomic E-state index is 5.92. The van der Waals surface area contributed by atoms with Crippen LogP contribution in [0.15, 0.2) is 46.9 Å². The molecular formula is C16H17BrClNO. The lowest BCUT2D eigenvalue weighted by Gasteiger charge is -2.19. The molecule has 0 aromatic heterocycles. The van der Waals surface area contributed by atoms with Crippen molar-refractivity contribution in [3.63, 3.8) is 0 Å². The molecule has 0 fully saturated rings. The minimum absolute atomic E-state index is 0.192. The van der Waals surface area contributed by atoms with Gasteiger partial charge in [-0.25, -0.2) is 0 Å². The Balaban J connectivity index is 2.21. The first-order chi connectivity index (χ1) is 9.61. The molecular weight excluding hydrogens is 338 g/mol. The van der Waals surface area contributed by atoms with Crippen LogP contribution in [0, 0.1) is 0 Å². The first-order valence-corrected chi connectivity index (χ1v) is 7.57. The highest BCUT2D eigenvalue weighted by Gasteiger charge is 2.10. The molecule has 106 valence electrons. The van der Waals surface area contributed by atoms with Crippen molar-refractivity contribution < 1.29 is 4.74 Å². The molecule has 0 bridgehead atoms. The Kier molecular flexibility index (Phi) is 5.46. The predicted molar refractivity (Wildman–Crippen MR) is 88.3 cm³/mol. The zero-order valence-corrected chi connectivity index (χ0v) is 13.8. The maximum Gasteiger partial charge on any atom is 0.0744 e. The molecule has 2 nitrogen and oxygen atoms in total. The van der Waals surface area contributed by atoms with E-state index in [0.29, 0.717) is 6.61 Å². The lowest BCUT2D eigenvalue weighted by Crippen LogP contribution is -2.09. The van der Waals surface area contributed by atoms with E-state index >= 15 is 0 Å². The number of ether oxygens (including phenoxy) is 1. The molecule has 0 spiro atoms. The fraction of sp³-hybridized carbons (Fsp3) is 0.250. The first kappa shape index (κ1) is 15.4. The number of nitrogens with one attached hydrogen (secondary N) is 1. The summed E-state index contributed by atoms with van der Waals surface area (Å²) in [6, 6.07) is 14.2. The van der Waals surface area contributed by atoms with Crippen molar-refractivity contribution in [1.29, 1.82) is 0 Å². The van der Waals surface area contributed by atoms with E-state index in [1.165, 1.54) is 5.56 Å². The summed E-state index contributed by atoms with van der Waals surface area (Å²) in [4.78, 5) is 0. The van der Waals surface area contributed by atoms with Crippen LogP contribution in [0.5, 0.6) is 0 Å². The maximum absolute atomic E-state index is 5.92. The van der Waals surface area contributed by atoms with Crippen molar-refractivity contribution in [3.05, 3.63) is 63.1 Å². The minimum atomic E-state index is 0.192. The molecule has 2 aromatic rings. The van der Waals surface area contributed by atoms with E-state index < -0.39 is 0 Å². The van der Waals surface area contributed by atoms with Crippen LogP contribution in [0.4, 0.5) is 5.69 Å². The average molecular weight is 355 g/mol. The van der Waals surface area contributed by atoms with Gasteiger partial charge in [-0.2, -0.15) is 0 Å². The highest BCUT2D eigenvalue weighted by molar-refractivity contribution is 9.10. The lowest BCUT2D eigenvalue weighted by atomic mass is 10.1. The van der Waals surface area contributed by atoms with Crippen LogP contribution in [0.1, 0.15) is 24.1 Å². The summed E-state index contributed by atoms with van der Waals surface area (Å²) in [5, 5.41) is 4.27. The number of benzene rings is 2. The van der Waals surface area contributed by atoms with Crippen LogP contribution in [0.2, 0.25) is 5.02 Å². The molecule has 0 heterocycles. The van der Waals surface area contributed by atoms with Gasteiger partial charge in [0, 0.05) is 33.9 Å². The third kappa shape index (κ3) is 3.75. The summed E-state index contributed by atoms with van der Waals surface area (Å²) in [6.07, 6.45) is 0. The molecule has 0 saturated carbocycles. The zero-order valence-electron chi connectivity index (χ0n) is 11.5. The van der Waals surface area contributed by atoms with E-state index in [1.54, 1.807) is 7.11 Å². The zero-order chi connectivity index (χ0) is 14.5. The lowest BCUT2D eigenvalue weighted by molar-refractivity contribution is 0.185. The van der Waals surface area contributed by atoms with E-state index in [-0.39, 0.29) is 6.04 Å². The van der Waals surface area contributed by atoms with Crippen molar-refractivity contribution in [3.8, 4) is 0 Å². The van der Waals surface area contributed by atoms with E-state index in [9.17, 15) is 0 Å². The topological polar surface area (TPSA) is 21.3 Å². The number of methoxy groups -OCH3 is 1. The molecule has 0 amide bonds. The molecule has 1 N–H and O–H groups in total. The Labute approximate surface area is 133 Å². The highest BCUT2D eigenvalue weighted by atomic mass is 79.9. The fourth-order valence-corrected chi connectivity index (χ4v) is 2.66. The normalized spacial score (nSPS) is 12.2. The molecule has 1 unspecified atom stereocenters. The Morgan fingerprint density at radius 1 is 1.20 bits per heavy atom. The van der Waals surface area contributed by atoms with Crippen molar-refractivity contribution in [2.45, 2.75) is 19.6 Å². The third-order valence-electron chi connectivity index (χ3n) is 3.15. The summed E-state index contributed by atoms with van der Waals surface area (Å²) in [6.45, 7) is 2.69. The standard InChI is InChI=1S/C16H17BrClNO/c1-11(12-6-8-13(18)9-7-12)19-16-5-3-4-15(17)14(16)10-20-2/h3-9,11,19H,10H2,1-2H3. The summed E-state index contributed by atoms with van der Waals surface area (Å²) in [5.41, 5.74) is 3.39. The molecule has 0 saturated heterocycles. The second-order valence-electron chi connectivity index (χ2n) is 4.62. The Morgan fingerprint density at radius 2 is 1.90 bits per heavy atom. The fourth-order valence-electron chi connectivity index (χ4n) is 2.05. The van der Waals surface area contributed by atoms with Gasteiger partial charge in [-0.1, -0.05) is 45.7 Å². The number of halogens is 2. The molecule has 20 heavy (non-hydrogen) atoms. The molecule has 0 radical (unpaired) electrons. The third-order valence-corrected chi connectivity index (χ3v) is 4.14. The van der Waals surface area contributed by atoms with Crippen LogP contribution >= 0.6 is 27.5 Å². The molecule has 0 aliphatic rings. The minimum Gasteiger partial charge on any atom is -0.380 e. The monoisotopic (exact) mass is 353 g/mol. The summed E-state index contributed by atoms with van der Waals surface area (Å²) in [5.74, 6) is 0. The van der Waals surface area contributed by atoms with Crippen LogP contribution < -0.4 is 5.32 Å². The molecule has 0 aliphatic heterocycles. The van der Waals surface area contributed by atoms with Gasteiger partial charge in [-0.3, -0.25) is 0 Å². The van der Waals surface area contributed by atoms with Gasteiger partial charge in [0.1, 0.15) is 0 Å². The van der Waals surface area contributed by atoms with Gasteiger partial charge in [0.2, 0.25) is 0 Å². The number of anilines is 1. The largest absolute Gasteiger partial charge is 0.380 e. The summed E-state index contributed by atoms with van der Waals surface area (Å²) < 4.78 is 6.31. The average Bonchev–Trinajstić information content (AvgIpc) is 2.43. The van der Waals surface area contributed by atoms with Crippen molar-refractivity contribution >= 4 is 33.2 Å². The van der Waals surface area contributed by atoms with Crippen LogP contribution in [0.3, 0.4) is 0 Å². The van der Waals surface area contributed by atoms with E-state index in [1.807, 2.05) is 36.4 Å². The molecule has 2 aromatic carbocycles. The van der Waals surface area contributed by atoms with Gasteiger partial charge in [0.05, 0.1) is 6.61 Å². The molecule has 4 heteroatoms. The second kappa shape index (κ2) is 7.11. The quantitative estimate of drug-likeness (QED) is 0.774. The Hall–Kier alpha value is -1.03. The summed E-state index contributed by atoms with van der Waals surface area (Å²) >= 11 is 9.49. The SMILES string of the molecule is COCc1c(Br)cccc1NC(C)c1ccc(Cl)cc1. The molecule has 0 aliphatic carbocycles. The van der Waals surface area contributed by atoms with Gasteiger partial charge in [0.25, 0.3) is 0 Å². The molecule has 1 atom stereocenters. The van der Waals surface area contributed by atoms with Crippen LogP contribution in [-0.2, 0) is 11.3 Å². The van der Waals surface area contributed by atoms with Crippen LogP contribution in [0.25, 0.3) is 0 Å². The predicted octanol–water partition coefficient (Wildman–Crippen LogP) is 5.42. The first-order valence-electron chi connectivity index (χ1n) is 6.40. The van der Waals surface area contributed by atoms with E-state index in [2.05, 4.69) is 34.2 Å². The van der Waals surface area contributed by atoms with Gasteiger partial charge < -0.3 is 10.1 Å². The summed E-state index contributed by atoms with van der Waals surface area (Å²) in [7, 11) is 1.70. The van der Waals surface area contributed by atoms with Crippen molar-refractivity contribution in [2.24, 2.45) is 0 Å².